The molecule has 0 bridgehead atoms. The lowest BCUT2D eigenvalue weighted by Crippen LogP contribution is -1.98. The smallest absolute Gasteiger partial charge is 0.348 e. The normalized spacial score (nSPS) is 10.2. The molecule has 1 aromatic rings. The third-order valence-electron chi connectivity index (χ3n) is 1.21. The summed E-state index contributed by atoms with van der Waals surface area (Å²) >= 11 is 5.64. The summed E-state index contributed by atoms with van der Waals surface area (Å²) in [5.74, 6) is -1.10. The Hall–Kier alpha value is -1.55. The number of hydrazone groups is 1. The van der Waals surface area contributed by atoms with E-state index >= 15 is 0 Å². The molecule has 0 aliphatic heterocycles. The highest BCUT2D eigenvalue weighted by Gasteiger charge is 1.90. The van der Waals surface area contributed by atoms with Crippen molar-refractivity contribution in [1.29, 1.82) is 0 Å². The Morgan fingerprint density at radius 3 is 2.62 bits per heavy atom. The predicted octanol–water partition coefficient (Wildman–Crippen LogP) is 1.82. The molecule has 1 rings (SSSR count). The SMILES string of the molecule is O=C(O)C=NNc1ccc(Cl)cc1. The number of nitrogens with zero attached hydrogens (tertiary/aromatic N) is 1. The van der Waals surface area contributed by atoms with Crippen LogP contribution in [0.3, 0.4) is 0 Å². The van der Waals surface area contributed by atoms with E-state index in [0.29, 0.717) is 10.7 Å². The molecule has 0 radical (unpaired) electrons. The lowest BCUT2D eigenvalue weighted by atomic mass is 10.3. The van der Waals surface area contributed by atoms with Gasteiger partial charge in [0.2, 0.25) is 0 Å². The number of aliphatic carboxylic acids is 1. The maximum absolute atomic E-state index is 10.0. The number of benzene rings is 1. The Morgan fingerprint density at radius 2 is 2.08 bits per heavy atom. The Balaban J connectivity index is 2.55. The highest BCUT2D eigenvalue weighted by Crippen LogP contribution is 2.12. The zero-order valence-electron chi connectivity index (χ0n) is 6.57. The monoisotopic (exact) mass is 198 g/mol. The van der Waals surface area contributed by atoms with Gasteiger partial charge in [-0.3, -0.25) is 5.43 Å². The van der Waals surface area contributed by atoms with E-state index in [9.17, 15) is 4.79 Å². The minimum absolute atomic E-state index is 0.618. The van der Waals surface area contributed by atoms with Gasteiger partial charge in [-0.25, -0.2) is 4.79 Å². The van der Waals surface area contributed by atoms with Crippen LogP contribution < -0.4 is 5.43 Å². The van der Waals surface area contributed by atoms with E-state index in [1.165, 1.54) is 0 Å². The van der Waals surface area contributed by atoms with Gasteiger partial charge in [-0.05, 0) is 24.3 Å². The lowest BCUT2D eigenvalue weighted by molar-refractivity contribution is -0.128. The lowest BCUT2D eigenvalue weighted by Gasteiger charge is -1.97. The fraction of sp³-hybridized carbons (Fsp3) is 0. The second-order valence-corrected chi connectivity index (χ2v) is 2.65. The number of carboxylic acids is 1. The van der Waals surface area contributed by atoms with Gasteiger partial charge in [0.25, 0.3) is 0 Å². The third-order valence-corrected chi connectivity index (χ3v) is 1.46. The second kappa shape index (κ2) is 4.47. The predicted molar refractivity (Wildman–Crippen MR) is 51.2 cm³/mol. The summed E-state index contributed by atoms with van der Waals surface area (Å²) in [6.45, 7) is 0. The van der Waals surface area contributed by atoms with E-state index in [2.05, 4.69) is 10.5 Å². The molecule has 1 aromatic carbocycles. The van der Waals surface area contributed by atoms with E-state index in [-0.39, 0.29) is 0 Å². The van der Waals surface area contributed by atoms with Crippen LogP contribution in [0.15, 0.2) is 29.4 Å². The first kappa shape index (κ1) is 9.54. The van der Waals surface area contributed by atoms with Crippen LogP contribution in [0.1, 0.15) is 0 Å². The summed E-state index contributed by atoms with van der Waals surface area (Å²) in [6, 6.07) is 6.75. The molecular weight excluding hydrogens is 192 g/mol. The largest absolute Gasteiger partial charge is 0.477 e. The van der Waals surface area contributed by atoms with E-state index in [1.54, 1.807) is 24.3 Å². The van der Waals surface area contributed by atoms with Crippen LogP contribution in [0.4, 0.5) is 5.69 Å². The fourth-order valence-corrected chi connectivity index (χ4v) is 0.812. The van der Waals surface area contributed by atoms with Crippen molar-refractivity contribution in [1.82, 2.24) is 0 Å². The molecule has 68 valence electrons. The highest BCUT2D eigenvalue weighted by molar-refractivity contribution is 6.30. The third kappa shape index (κ3) is 3.57. The van der Waals surface area contributed by atoms with Crippen molar-refractivity contribution in [2.24, 2.45) is 5.10 Å². The molecule has 0 heterocycles. The van der Waals surface area contributed by atoms with Crippen molar-refractivity contribution in [2.45, 2.75) is 0 Å². The minimum atomic E-state index is -1.10. The van der Waals surface area contributed by atoms with Gasteiger partial charge in [0.1, 0.15) is 6.21 Å². The maximum Gasteiger partial charge on any atom is 0.348 e. The van der Waals surface area contributed by atoms with Crippen molar-refractivity contribution in [3.63, 3.8) is 0 Å². The first-order chi connectivity index (χ1) is 6.18. The number of halogens is 1. The van der Waals surface area contributed by atoms with Crippen molar-refractivity contribution >= 4 is 29.5 Å². The average Bonchev–Trinajstić information content (AvgIpc) is 2.08. The highest BCUT2D eigenvalue weighted by atomic mass is 35.5. The second-order valence-electron chi connectivity index (χ2n) is 2.22. The molecule has 2 N–H and O–H groups in total. The molecule has 0 amide bonds. The van der Waals surface area contributed by atoms with Crippen LogP contribution >= 0.6 is 11.6 Å². The first-order valence-corrected chi connectivity index (χ1v) is 3.84. The number of hydrogen-bond donors (Lipinski definition) is 2. The zero-order valence-corrected chi connectivity index (χ0v) is 7.32. The van der Waals surface area contributed by atoms with E-state index in [0.717, 1.165) is 6.21 Å². The first-order valence-electron chi connectivity index (χ1n) is 3.46. The van der Waals surface area contributed by atoms with Crippen LogP contribution in [-0.2, 0) is 4.79 Å². The number of nitrogens with one attached hydrogen (secondary N) is 1. The summed E-state index contributed by atoms with van der Waals surface area (Å²) in [5, 5.41) is 12.3. The van der Waals surface area contributed by atoms with Crippen molar-refractivity contribution in [3.05, 3.63) is 29.3 Å². The van der Waals surface area contributed by atoms with Gasteiger partial charge in [0.15, 0.2) is 0 Å². The van der Waals surface area contributed by atoms with Gasteiger partial charge < -0.3 is 5.11 Å². The molecule has 0 aliphatic rings. The van der Waals surface area contributed by atoms with E-state index in [4.69, 9.17) is 16.7 Å². The van der Waals surface area contributed by atoms with Crippen LogP contribution in [0.5, 0.6) is 0 Å². The number of hydrogen-bond acceptors (Lipinski definition) is 3. The molecule has 0 fully saturated rings. The van der Waals surface area contributed by atoms with Gasteiger partial charge in [0, 0.05) is 5.02 Å². The standard InChI is InChI=1S/C8H7ClN2O2/c9-6-1-3-7(4-2-6)11-10-5-8(12)13/h1-5,11H,(H,12,13). The molecule has 0 aliphatic carbocycles. The summed E-state index contributed by atoms with van der Waals surface area (Å²) in [5.41, 5.74) is 3.22. The number of carboxylic acid groups (broad SMARTS) is 1. The minimum Gasteiger partial charge on any atom is -0.477 e. The Kier molecular flexibility index (Phi) is 3.28. The van der Waals surface area contributed by atoms with E-state index < -0.39 is 5.97 Å². The van der Waals surface area contributed by atoms with Crippen molar-refractivity contribution in [2.75, 3.05) is 5.43 Å². The van der Waals surface area contributed by atoms with Crippen LogP contribution in [0, 0.1) is 0 Å². The molecule has 4 nitrogen and oxygen atoms in total. The molecule has 0 saturated carbocycles. The molecule has 0 aromatic heterocycles. The Morgan fingerprint density at radius 1 is 1.46 bits per heavy atom. The molecular formula is C8H7ClN2O2. The van der Waals surface area contributed by atoms with Crippen LogP contribution in [0.2, 0.25) is 5.02 Å². The van der Waals surface area contributed by atoms with Crippen molar-refractivity contribution in [3.8, 4) is 0 Å². The average molecular weight is 199 g/mol. The summed E-state index contributed by atoms with van der Waals surface area (Å²) < 4.78 is 0. The Bertz CT molecular complexity index is 321. The fourth-order valence-electron chi connectivity index (χ4n) is 0.686. The zero-order chi connectivity index (χ0) is 9.68. The van der Waals surface area contributed by atoms with Crippen molar-refractivity contribution < 1.29 is 9.90 Å². The number of carbonyl (C=O) groups is 1. The molecule has 0 atom stereocenters. The van der Waals surface area contributed by atoms with Crippen LogP contribution in [0.25, 0.3) is 0 Å². The molecule has 5 heteroatoms. The van der Waals surface area contributed by atoms with Crippen LogP contribution in [-0.4, -0.2) is 17.3 Å². The molecule has 13 heavy (non-hydrogen) atoms. The number of anilines is 1. The van der Waals surface area contributed by atoms with Gasteiger partial charge in [-0.1, -0.05) is 11.6 Å². The quantitative estimate of drug-likeness (QED) is 0.575. The van der Waals surface area contributed by atoms with E-state index in [1.807, 2.05) is 0 Å². The summed E-state index contributed by atoms with van der Waals surface area (Å²) in [6.07, 6.45) is 0.772. The topological polar surface area (TPSA) is 61.7 Å². The summed E-state index contributed by atoms with van der Waals surface area (Å²) in [4.78, 5) is 10.0. The van der Waals surface area contributed by atoms with Gasteiger partial charge >= 0.3 is 5.97 Å². The molecule has 0 spiro atoms. The Labute approximate surface area is 79.8 Å². The van der Waals surface area contributed by atoms with Gasteiger partial charge in [-0.15, -0.1) is 0 Å². The number of rotatable bonds is 3. The molecule has 0 saturated heterocycles. The molecule has 0 unspecified atom stereocenters. The van der Waals surface area contributed by atoms with Gasteiger partial charge in [0.05, 0.1) is 5.69 Å². The summed E-state index contributed by atoms with van der Waals surface area (Å²) in [7, 11) is 0. The maximum atomic E-state index is 10.0. The van der Waals surface area contributed by atoms with Gasteiger partial charge in [-0.2, -0.15) is 5.10 Å².